The summed E-state index contributed by atoms with van der Waals surface area (Å²) < 4.78 is 18.4. The van der Waals surface area contributed by atoms with Gasteiger partial charge in [0.05, 0.1) is 20.3 Å². The summed E-state index contributed by atoms with van der Waals surface area (Å²) in [5.74, 6) is 1.73. The van der Waals surface area contributed by atoms with E-state index >= 15 is 0 Å². The van der Waals surface area contributed by atoms with E-state index in [4.69, 9.17) is 14.2 Å². The summed E-state index contributed by atoms with van der Waals surface area (Å²) in [5.41, 5.74) is 3.59. The van der Waals surface area contributed by atoms with Crippen LogP contribution in [0.4, 0.5) is 5.69 Å². The van der Waals surface area contributed by atoms with E-state index in [9.17, 15) is 0 Å². The molecule has 1 fully saturated rings. The Morgan fingerprint density at radius 3 is 1.86 bits per heavy atom. The van der Waals surface area contributed by atoms with Gasteiger partial charge in [0, 0.05) is 40.9 Å². The van der Waals surface area contributed by atoms with Crippen molar-refractivity contribution in [2.24, 2.45) is 0 Å². The summed E-state index contributed by atoms with van der Waals surface area (Å²) in [4.78, 5) is 2.38. The zero-order valence-corrected chi connectivity index (χ0v) is 23.5. The predicted molar refractivity (Wildman–Crippen MR) is 172 cm³/mol. The number of rotatable bonds is 4. The minimum atomic E-state index is -0.816. The van der Waals surface area contributed by atoms with Crippen molar-refractivity contribution in [1.29, 1.82) is 0 Å². The maximum atomic E-state index is 7.36. The molecule has 2 heterocycles. The van der Waals surface area contributed by atoms with E-state index in [1.165, 1.54) is 32.6 Å². The molecule has 1 saturated heterocycles. The van der Waals surface area contributed by atoms with E-state index in [0.29, 0.717) is 0 Å². The van der Waals surface area contributed by atoms with E-state index in [2.05, 4.69) is 114 Å². The van der Waals surface area contributed by atoms with Crippen LogP contribution in [0.5, 0.6) is 11.5 Å². The Labute approximate surface area is 245 Å². The Balaban J connectivity index is 1.35. The van der Waals surface area contributed by atoms with Gasteiger partial charge in [-0.25, -0.2) is 0 Å². The van der Waals surface area contributed by atoms with Crippen LogP contribution in [-0.4, -0.2) is 33.4 Å². The molecule has 1 unspecified atom stereocenters. The summed E-state index contributed by atoms with van der Waals surface area (Å²) in [6.07, 6.45) is 4.43. The largest absolute Gasteiger partial charge is 0.497 e. The molecule has 42 heavy (non-hydrogen) atoms. The van der Waals surface area contributed by atoms with E-state index in [1.54, 1.807) is 7.11 Å². The van der Waals surface area contributed by atoms with Crippen LogP contribution in [0.2, 0.25) is 0 Å². The van der Waals surface area contributed by atoms with Gasteiger partial charge in [-0.1, -0.05) is 91.0 Å². The zero-order chi connectivity index (χ0) is 28.1. The van der Waals surface area contributed by atoms with Gasteiger partial charge in [-0.05, 0) is 57.3 Å². The van der Waals surface area contributed by atoms with Crippen molar-refractivity contribution in [3.05, 3.63) is 132 Å². The highest BCUT2D eigenvalue weighted by Gasteiger charge is 2.38. The summed E-state index contributed by atoms with van der Waals surface area (Å²) in [6, 6.07) is 38.9. The van der Waals surface area contributed by atoms with Crippen LogP contribution in [-0.2, 0) is 10.3 Å². The first-order chi connectivity index (χ1) is 20.7. The van der Waals surface area contributed by atoms with E-state index in [1.807, 2.05) is 12.1 Å². The van der Waals surface area contributed by atoms with Gasteiger partial charge in [-0.3, -0.25) is 0 Å². The van der Waals surface area contributed by atoms with Crippen molar-refractivity contribution in [1.82, 2.24) is 0 Å². The maximum absolute atomic E-state index is 7.36. The lowest BCUT2D eigenvalue weighted by molar-refractivity contribution is 0.122. The van der Waals surface area contributed by atoms with E-state index < -0.39 is 5.60 Å². The molecule has 4 nitrogen and oxygen atoms in total. The minimum Gasteiger partial charge on any atom is -0.497 e. The quantitative estimate of drug-likeness (QED) is 0.207. The first-order valence-electron chi connectivity index (χ1n) is 14.6. The number of ether oxygens (including phenoxy) is 3. The first kappa shape index (κ1) is 25.0. The smallest absolute Gasteiger partial charge is 0.178 e. The predicted octanol–water partition coefficient (Wildman–Crippen LogP) is 8.34. The molecule has 0 radical (unpaired) electrons. The van der Waals surface area contributed by atoms with Gasteiger partial charge in [-0.15, -0.1) is 0 Å². The molecule has 0 aliphatic carbocycles. The van der Waals surface area contributed by atoms with Crippen molar-refractivity contribution in [2.75, 3.05) is 38.3 Å². The summed E-state index contributed by atoms with van der Waals surface area (Å²) in [5, 5.41) is 7.27. The average Bonchev–Trinajstić information content (AvgIpc) is 3.08. The van der Waals surface area contributed by atoms with Crippen LogP contribution in [0.1, 0.15) is 16.7 Å². The summed E-state index contributed by atoms with van der Waals surface area (Å²) in [6.45, 7) is 3.32. The lowest BCUT2D eigenvalue weighted by Crippen LogP contribution is -2.36. The van der Waals surface area contributed by atoms with Crippen molar-refractivity contribution in [3.63, 3.8) is 0 Å². The molecule has 0 bridgehead atoms. The van der Waals surface area contributed by atoms with Gasteiger partial charge in [0.2, 0.25) is 0 Å². The Morgan fingerprint density at radius 1 is 0.643 bits per heavy atom. The summed E-state index contributed by atoms with van der Waals surface area (Å²) >= 11 is 0. The van der Waals surface area contributed by atoms with Crippen LogP contribution >= 0.6 is 0 Å². The Kier molecular flexibility index (Phi) is 5.90. The van der Waals surface area contributed by atoms with Gasteiger partial charge in [0.25, 0.3) is 0 Å². The molecule has 4 heteroatoms. The highest BCUT2D eigenvalue weighted by Crippen LogP contribution is 2.48. The molecule has 206 valence electrons. The Morgan fingerprint density at radius 2 is 1.21 bits per heavy atom. The number of fused-ring (bicyclic) bond motifs is 8. The normalized spacial score (nSPS) is 18.3. The van der Waals surface area contributed by atoms with Crippen LogP contribution in [0.25, 0.3) is 38.4 Å². The SMILES string of the molecule is COc1ccc(C2(c3ccc(N4CCOCC4)cc3)C=Cc3ccc4c5ccccc5c5ccccc5c4c3O2)cc1. The topological polar surface area (TPSA) is 30.9 Å². The fourth-order valence-electron chi connectivity index (χ4n) is 6.68. The highest BCUT2D eigenvalue weighted by atomic mass is 16.5. The third kappa shape index (κ3) is 3.87. The van der Waals surface area contributed by atoms with Crippen LogP contribution < -0.4 is 14.4 Å². The second-order valence-electron chi connectivity index (χ2n) is 11.0. The van der Waals surface area contributed by atoms with Gasteiger partial charge in [-0.2, -0.15) is 0 Å². The number of morpholine rings is 1. The molecule has 2 aliphatic heterocycles. The molecule has 0 aromatic heterocycles. The van der Waals surface area contributed by atoms with Crippen LogP contribution in [0.3, 0.4) is 0 Å². The molecular weight excluding hydrogens is 518 g/mol. The van der Waals surface area contributed by atoms with Gasteiger partial charge >= 0.3 is 0 Å². The highest BCUT2D eigenvalue weighted by molar-refractivity contribution is 6.27. The number of methoxy groups -OCH3 is 1. The average molecular weight is 550 g/mol. The van der Waals surface area contributed by atoms with Crippen molar-refractivity contribution in [3.8, 4) is 11.5 Å². The standard InChI is InChI=1S/C38H31NO3/c1-40-30-17-13-28(14-18-30)38(27-11-15-29(16-12-27)39-22-24-41-25-23-39)21-20-26-10-19-35-33-8-3-2-6-31(33)32-7-4-5-9-34(32)36(35)37(26)42-38/h2-21H,22-25H2,1H3. The molecule has 6 aromatic carbocycles. The molecule has 0 amide bonds. The van der Waals surface area contributed by atoms with Crippen molar-refractivity contribution >= 4 is 44.1 Å². The van der Waals surface area contributed by atoms with Crippen LogP contribution in [0.15, 0.2) is 115 Å². The van der Waals surface area contributed by atoms with Crippen LogP contribution in [0, 0.1) is 0 Å². The Hall–Kier alpha value is -4.80. The summed E-state index contributed by atoms with van der Waals surface area (Å²) in [7, 11) is 1.70. The first-order valence-corrected chi connectivity index (χ1v) is 14.6. The van der Waals surface area contributed by atoms with Gasteiger partial charge in [0.15, 0.2) is 5.60 Å². The fraction of sp³-hybridized carbons (Fsp3) is 0.158. The molecule has 8 rings (SSSR count). The zero-order valence-electron chi connectivity index (χ0n) is 23.5. The molecule has 0 saturated carbocycles. The molecule has 1 atom stereocenters. The molecule has 0 spiro atoms. The Bertz CT molecular complexity index is 1940. The number of anilines is 1. The second-order valence-corrected chi connectivity index (χ2v) is 11.0. The number of hydrogen-bond acceptors (Lipinski definition) is 4. The molecule has 2 aliphatic rings. The van der Waals surface area contributed by atoms with Crippen molar-refractivity contribution in [2.45, 2.75) is 5.60 Å². The molecular formula is C38H31NO3. The third-order valence-electron chi connectivity index (χ3n) is 8.84. The van der Waals surface area contributed by atoms with Gasteiger partial charge < -0.3 is 19.1 Å². The lowest BCUT2D eigenvalue weighted by Gasteiger charge is -2.37. The number of nitrogens with zero attached hydrogens (tertiary/aromatic N) is 1. The molecule has 6 aromatic rings. The third-order valence-corrected chi connectivity index (χ3v) is 8.84. The lowest BCUT2D eigenvalue weighted by atomic mass is 9.82. The minimum absolute atomic E-state index is 0.760. The van der Waals surface area contributed by atoms with Gasteiger partial charge in [0.1, 0.15) is 11.5 Å². The van der Waals surface area contributed by atoms with E-state index in [0.717, 1.165) is 59.9 Å². The molecule has 0 N–H and O–H groups in total. The monoisotopic (exact) mass is 549 g/mol. The maximum Gasteiger partial charge on any atom is 0.178 e. The number of benzene rings is 6. The second kappa shape index (κ2) is 9.93. The fourth-order valence-corrected chi connectivity index (χ4v) is 6.68. The van der Waals surface area contributed by atoms with Crippen molar-refractivity contribution < 1.29 is 14.2 Å². The number of hydrogen-bond donors (Lipinski definition) is 0. The van der Waals surface area contributed by atoms with E-state index in [-0.39, 0.29) is 0 Å².